The molecule has 78 valence electrons. The maximum atomic E-state index is 13.0. The lowest BCUT2D eigenvalue weighted by molar-refractivity contribution is -0.0735. The highest BCUT2D eigenvalue weighted by atomic mass is 35.5. The van der Waals surface area contributed by atoms with Crippen molar-refractivity contribution in [3.63, 3.8) is 0 Å². The summed E-state index contributed by atoms with van der Waals surface area (Å²) in [4.78, 5) is 0. The van der Waals surface area contributed by atoms with E-state index in [1.54, 1.807) is 0 Å². The summed E-state index contributed by atoms with van der Waals surface area (Å²) in [7, 11) is 2.92. The fraction of sp³-hybridized carbons (Fsp3) is 0.333. The number of halogens is 2. The van der Waals surface area contributed by atoms with Gasteiger partial charge in [0, 0.05) is 18.7 Å². The second kappa shape index (κ2) is 4.59. The van der Waals surface area contributed by atoms with E-state index in [-0.39, 0.29) is 11.6 Å². The Morgan fingerprint density at radius 2 is 2.21 bits per heavy atom. The molecule has 0 heterocycles. The first-order chi connectivity index (χ1) is 6.54. The minimum Gasteiger partial charge on any atom is -0.496 e. The van der Waals surface area contributed by atoms with Gasteiger partial charge in [-0.2, -0.15) is 5.06 Å². The molecule has 0 fully saturated rings. The average Bonchev–Trinajstić information content (AvgIpc) is 2.10. The lowest BCUT2D eigenvalue weighted by Gasteiger charge is -2.12. The van der Waals surface area contributed by atoms with E-state index in [1.165, 1.54) is 26.3 Å². The standard InChI is InChI=1S/C9H11ClFNO2/c1-12(13)5-6-3-7(10)8(11)4-9(6)14-2/h3-4,13H,5H2,1-2H3. The van der Waals surface area contributed by atoms with Crippen molar-refractivity contribution in [2.75, 3.05) is 14.2 Å². The summed E-state index contributed by atoms with van der Waals surface area (Å²) in [5.41, 5.74) is 0.629. The Kier molecular flexibility index (Phi) is 3.69. The number of methoxy groups -OCH3 is 1. The highest BCUT2D eigenvalue weighted by molar-refractivity contribution is 6.30. The molecule has 0 radical (unpaired) electrons. The van der Waals surface area contributed by atoms with E-state index in [2.05, 4.69) is 0 Å². The smallest absolute Gasteiger partial charge is 0.145 e. The third-order valence-electron chi connectivity index (χ3n) is 1.72. The predicted molar refractivity (Wildman–Crippen MR) is 51.2 cm³/mol. The molecule has 1 aromatic rings. The van der Waals surface area contributed by atoms with Crippen LogP contribution in [0.4, 0.5) is 4.39 Å². The van der Waals surface area contributed by atoms with Gasteiger partial charge in [0.15, 0.2) is 0 Å². The zero-order valence-corrected chi connectivity index (χ0v) is 8.68. The molecule has 0 atom stereocenters. The lowest BCUT2D eigenvalue weighted by Crippen LogP contribution is -2.12. The van der Waals surface area contributed by atoms with Crippen molar-refractivity contribution < 1.29 is 14.3 Å². The molecule has 0 saturated carbocycles. The fourth-order valence-corrected chi connectivity index (χ4v) is 1.32. The van der Waals surface area contributed by atoms with Gasteiger partial charge in [0.1, 0.15) is 11.6 Å². The van der Waals surface area contributed by atoms with Crippen molar-refractivity contribution >= 4 is 11.6 Å². The van der Waals surface area contributed by atoms with Crippen LogP contribution in [-0.2, 0) is 6.54 Å². The first-order valence-electron chi connectivity index (χ1n) is 3.96. The Morgan fingerprint density at radius 1 is 1.57 bits per heavy atom. The summed E-state index contributed by atoms with van der Waals surface area (Å²) in [5, 5.41) is 10.0. The van der Waals surface area contributed by atoms with Gasteiger partial charge in [-0.15, -0.1) is 0 Å². The van der Waals surface area contributed by atoms with Crippen molar-refractivity contribution in [2.24, 2.45) is 0 Å². The first-order valence-corrected chi connectivity index (χ1v) is 4.34. The highest BCUT2D eigenvalue weighted by Crippen LogP contribution is 2.26. The van der Waals surface area contributed by atoms with Crippen LogP contribution in [0, 0.1) is 5.82 Å². The van der Waals surface area contributed by atoms with E-state index in [0.29, 0.717) is 11.3 Å². The van der Waals surface area contributed by atoms with E-state index < -0.39 is 5.82 Å². The maximum absolute atomic E-state index is 13.0. The van der Waals surface area contributed by atoms with Gasteiger partial charge in [0.2, 0.25) is 0 Å². The van der Waals surface area contributed by atoms with Crippen molar-refractivity contribution in [1.29, 1.82) is 0 Å². The Balaban J connectivity index is 3.07. The molecule has 0 saturated heterocycles. The molecule has 0 spiro atoms. The van der Waals surface area contributed by atoms with Crippen LogP contribution >= 0.6 is 11.6 Å². The predicted octanol–water partition coefficient (Wildman–Crippen LogP) is 2.31. The maximum Gasteiger partial charge on any atom is 0.145 e. The van der Waals surface area contributed by atoms with Crippen LogP contribution in [0.3, 0.4) is 0 Å². The van der Waals surface area contributed by atoms with E-state index in [9.17, 15) is 4.39 Å². The molecule has 1 aromatic carbocycles. The summed E-state index contributed by atoms with van der Waals surface area (Å²) >= 11 is 5.60. The molecule has 0 aliphatic rings. The molecule has 3 nitrogen and oxygen atoms in total. The molecule has 1 N–H and O–H groups in total. The van der Waals surface area contributed by atoms with Gasteiger partial charge < -0.3 is 9.94 Å². The zero-order chi connectivity index (χ0) is 10.7. The Morgan fingerprint density at radius 3 is 2.71 bits per heavy atom. The van der Waals surface area contributed by atoms with Gasteiger partial charge in [-0.3, -0.25) is 0 Å². The van der Waals surface area contributed by atoms with E-state index >= 15 is 0 Å². The van der Waals surface area contributed by atoms with Gasteiger partial charge >= 0.3 is 0 Å². The molecule has 0 amide bonds. The second-order valence-corrected chi connectivity index (χ2v) is 3.30. The van der Waals surface area contributed by atoms with E-state index in [1.807, 2.05) is 0 Å². The second-order valence-electron chi connectivity index (χ2n) is 2.89. The number of ether oxygens (including phenoxy) is 1. The Hall–Kier alpha value is -0.840. The molecule has 0 bridgehead atoms. The first kappa shape index (κ1) is 11.2. The Bertz CT molecular complexity index is 331. The van der Waals surface area contributed by atoms with E-state index in [4.69, 9.17) is 21.5 Å². The third kappa shape index (κ3) is 2.57. The number of nitrogens with zero attached hydrogens (tertiary/aromatic N) is 1. The molecular weight excluding hydrogens is 209 g/mol. The number of hydrogen-bond donors (Lipinski definition) is 1. The van der Waals surface area contributed by atoms with Gasteiger partial charge in [0.05, 0.1) is 18.7 Å². The van der Waals surface area contributed by atoms with Crippen molar-refractivity contribution in [3.05, 3.63) is 28.5 Å². The number of hydrogen-bond acceptors (Lipinski definition) is 3. The molecular formula is C9H11ClFNO2. The largest absolute Gasteiger partial charge is 0.496 e. The molecule has 0 unspecified atom stereocenters. The number of rotatable bonds is 3. The molecule has 0 aliphatic heterocycles. The summed E-state index contributed by atoms with van der Waals surface area (Å²) in [6.07, 6.45) is 0. The van der Waals surface area contributed by atoms with Crippen molar-refractivity contribution in [2.45, 2.75) is 6.54 Å². The molecule has 1 rings (SSSR count). The fourth-order valence-electron chi connectivity index (χ4n) is 1.13. The van der Waals surface area contributed by atoms with Crippen LogP contribution < -0.4 is 4.74 Å². The molecule has 5 heteroatoms. The van der Waals surface area contributed by atoms with Crippen LogP contribution in [0.5, 0.6) is 5.75 Å². The SMILES string of the molecule is COc1cc(F)c(Cl)cc1CN(C)O. The Labute approximate surface area is 86.6 Å². The highest BCUT2D eigenvalue weighted by Gasteiger charge is 2.10. The minimum atomic E-state index is -0.534. The van der Waals surface area contributed by atoms with Crippen LogP contribution in [0.25, 0.3) is 0 Å². The molecule has 0 aromatic heterocycles. The van der Waals surface area contributed by atoms with Gasteiger partial charge in [-0.05, 0) is 6.07 Å². The van der Waals surface area contributed by atoms with E-state index in [0.717, 1.165) is 5.06 Å². The summed E-state index contributed by atoms with van der Waals surface area (Å²) < 4.78 is 17.9. The number of benzene rings is 1. The topological polar surface area (TPSA) is 32.7 Å². The normalized spacial score (nSPS) is 10.7. The van der Waals surface area contributed by atoms with Gasteiger partial charge in [-0.25, -0.2) is 4.39 Å². The minimum absolute atomic E-state index is 0.0163. The monoisotopic (exact) mass is 219 g/mol. The molecule has 0 aliphatic carbocycles. The third-order valence-corrected chi connectivity index (χ3v) is 2.01. The van der Waals surface area contributed by atoms with Gasteiger partial charge in [0.25, 0.3) is 0 Å². The molecule has 14 heavy (non-hydrogen) atoms. The van der Waals surface area contributed by atoms with Gasteiger partial charge in [-0.1, -0.05) is 11.6 Å². The van der Waals surface area contributed by atoms with Crippen molar-refractivity contribution in [1.82, 2.24) is 5.06 Å². The van der Waals surface area contributed by atoms with Crippen molar-refractivity contribution in [3.8, 4) is 5.75 Å². The summed E-state index contributed by atoms with van der Waals surface area (Å²) in [6.45, 7) is 0.225. The van der Waals surface area contributed by atoms with Crippen LogP contribution in [0.15, 0.2) is 12.1 Å². The summed E-state index contributed by atoms with van der Waals surface area (Å²) in [6, 6.07) is 2.63. The quantitative estimate of drug-likeness (QED) is 0.792. The lowest BCUT2D eigenvalue weighted by atomic mass is 10.2. The van der Waals surface area contributed by atoms with Crippen LogP contribution in [-0.4, -0.2) is 24.4 Å². The number of hydroxylamine groups is 2. The van der Waals surface area contributed by atoms with Crippen LogP contribution in [0.1, 0.15) is 5.56 Å². The average molecular weight is 220 g/mol. The van der Waals surface area contributed by atoms with Crippen LogP contribution in [0.2, 0.25) is 5.02 Å². The summed E-state index contributed by atoms with van der Waals surface area (Å²) in [5.74, 6) is -0.166. The zero-order valence-electron chi connectivity index (χ0n) is 7.92.